The molecule has 2 aromatic rings. The van der Waals surface area contributed by atoms with Crippen LogP contribution in [0.3, 0.4) is 0 Å². The number of carbonyl (C=O) groups is 2. The van der Waals surface area contributed by atoms with Gasteiger partial charge < -0.3 is 14.8 Å². The molecule has 0 aliphatic carbocycles. The first-order chi connectivity index (χ1) is 13.1. The molecule has 0 bridgehead atoms. The molecule has 0 saturated heterocycles. The molecule has 144 valence electrons. The van der Waals surface area contributed by atoms with Gasteiger partial charge in [0.15, 0.2) is 6.61 Å². The molecule has 0 aliphatic heterocycles. The third kappa shape index (κ3) is 7.53. The van der Waals surface area contributed by atoms with Crippen LogP contribution in [0.1, 0.15) is 11.1 Å². The van der Waals surface area contributed by atoms with Gasteiger partial charge in [0, 0.05) is 17.3 Å². The molecule has 5 nitrogen and oxygen atoms in total. The molecule has 0 spiro atoms. The van der Waals surface area contributed by atoms with Gasteiger partial charge in [-0.1, -0.05) is 48.0 Å². The van der Waals surface area contributed by atoms with Crippen LogP contribution in [0, 0.1) is 0 Å². The van der Waals surface area contributed by atoms with E-state index in [1.54, 1.807) is 7.11 Å². The Morgan fingerprint density at radius 1 is 1.07 bits per heavy atom. The molecule has 1 amide bonds. The third-order valence-corrected chi connectivity index (χ3v) is 5.03. The Morgan fingerprint density at radius 2 is 1.78 bits per heavy atom. The number of hydrogen-bond acceptors (Lipinski definition) is 5. The quantitative estimate of drug-likeness (QED) is 0.611. The van der Waals surface area contributed by atoms with Crippen molar-refractivity contribution in [2.24, 2.45) is 0 Å². The molecule has 0 heterocycles. The highest BCUT2D eigenvalue weighted by molar-refractivity contribution is 7.99. The molecule has 0 aromatic heterocycles. The predicted octanol–water partition coefficient (Wildman–Crippen LogP) is 3.48. The largest absolute Gasteiger partial charge is 0.496 e. The van der Waals surface area contributed by atoms with Gasteiger partial charge in [-0.25, -0.2) is 0 Å². The van der Waals surface area contributed by atoms with Crippen LogP contribution in [0.4, 0.5) is 0 Å². The molecule has 0 fully saturated rings. The van der Waals surface area contributed by atoms with Gasteiger partial charge in [-0.2, -0.15) is 0 Å². The van der Waals surface area contributed by atoms with Crippen LogP contribution in [0.2, 0.25) is 5.02 Å². The maximum absolute atomic E-state index is 11.8. The van der Waals surface area contributed by atoms with E-state index in [-0.39, 0.29) is 18.3 Å². The van der Waals surface area contributed by atoms with E-state index in [1.165, 1.54) is 11.8 Å². The van der Waals surface area contributed by atoms with E-state index in [0.29, 0.717) is 23.7 Å². The Kier molecular flexibility index (Phi) is 9.01. The van der Waals surface area contributed by atoms with E-state index in [9.17, 15) is 9.59 Å². The highest BCUT2D eigenvalue weighted by atomic mass is 35.5. The summed E-state index contributed by atoms with van der Waals surface area (Å²) in [5.74, 6) is 0.814. The van der Waals surface area contributed by atoms with Crippen molar-refractivity contribution in [1.82, 2.24) is 5.32 Å². The van der Waals surface area contributed by atoms with E-state index in [1.807, 2.05) is 48.5 Å². The van der Waals surface area contributed by atoms with Crippen molar-refractivity contribution in [3.8, 4) is 5.75 Å². The molecule has 0 atom stereocenters. The van der Waals surface area contributed by atoms with Gasteiger partial charge in [0.05, 0.1) is 12.9 Å². The molecule has 0 radical (unpaired) electrons. The molecular formula is C20H22ClNO4S. The van der Waals surface area contributed by atoms with Crippen LogP contribution in [-0.2, 0) is 26.5 Å². The van der Waals surface area contributed by atoms with Crippen LogP contribution in [0.5, 0.6) is 5.75 Å². The van der Waals surface area contributed by atoms with E-state index in [0.717, 1.165) is 16.9 Å². The van der Waals surface area contributed by atoms with E-state index < -0.39 is 5.97 Å². The number of nitrogens with one attached hydrogen (secondary N) is 1. The summed E-state index contributed by atoms with van der Waals surface area (Å²) < 4.78 is 10.3. The Labute approximate surface area is 168 Å². The molecule has 0 saturated carbocycles. The number of esters is 1. The van der Waals surface area contributed by atoms with E-state index in [4.69, 9.17) is 21.1 Å². The summed E-state index contributed by atoms with van der Waals surface area (Å²) in [5.41, 5.74) is 1.97. The average molecular weight is 408 g/mol. The summed E-state index contributed by atoms with van der Waals surface area (Å²) in [6.07, 6.45) is 0.636. The number of thioether (sulfide) groups is 1. The second-order valence-corrected chi connectivity index (χ2v) is 7.05. The highest BCUT2D eigenvalue weighted by Crippen LogP contribution is 2.20. The summed E-state index contributed by atoms with van der Waals surface area (Å²) in [4.78, 5) is 23.5. The number of hydrogen-bond donors (Lipinski definition) is 1. The fourth-order valence-corrected chi connectivity index (χ4v) is 3.45. The molecule has 2 rings (SSSR count). The third-order valence-electron chi connectivity index (χ3n) is 3.71. The molecule has 1 N–H and O–H groups in total. The number of halogens is 1. The summed E-state index contributed by atoms with van der Waals surface area (Å²) in [6.45, 7) is 0.162. The Morgan fingerprint density at radius 3 is 2.52 bits per heavy atom. The first-order valence-electron chi connectivity index (χ1n) is 8.45. The van der Waals surface area contributed by atoms with Crippen LogP contribution < -0.4 is 10.1 Å². The van der Waals surface area contributed by atoms with E-state index >= 15 is 0 Å². The number of rotatable bonds is 10. The fourth-order valence-electron chi connectivity index (χ4n) is 2.34. The molecule has 2 aromatic carbocycles. The van der Waals surface area contributed by atoms with Crippen LogP contribution in [-0.4, -0.2) is 37.9 Å². The van der Waals surface area contributed by atoms with Gasteiger partial charge in [-0.3, -0.25) is 9.59 Å². The standard InChI is InChI=1S/C20H22ClNO4S/c1-25-18-9-5-3-6-15(18)10-11-22-19(23)12-26-20(24)14-27-13-16-7-2-4-8-17(16)21/h2-9H,10-14H2,1H3,(H,22,23). The first-order valence-corrected chi connectivity index (χ1v) is 9.98. The van der Waals surface area contributed by atoms with Crippen molar-refractivity contribution in [2.75, 3.05) is 26.0 Å². The van der Waals surface area contributed by atoms with Gasteiger partial charge >= 0.3 is 5.97 Å². The normalized spacial score (nSPS) is 10.3. The smallest absolute Gasteiger partial charge is 0.316 e. The molecule has 27 heavy (non-hydrogen) atoms. The minimum atomic E-state index is -0.424. The van der Waals surface area contributed by atoms with E-state index in [2.05, 4.69) is 5.32 Å². The molecule has 7 heteroatoms. The van der Waals surface area contributed by atoms with Gasteiger partial charge in [0.25, 0.3) is 5.91 Å². The van der Waals surface area contributed by atoms with Crippen molar-refractivity contribution in [1.29, 1.82) is 0 Å². The Hall–Kier alpha value is -2.18. The lowest BCUT2D eigenvalue weighted by molar-refractivity contribution is -0.145. The number of carbonyl (C=O) groups excluding carboxylic acids is 2. The zero-order valence-electron chi connectivity index (χ0n) is 15.1. The Balaban J connectivity index is 1.60. The number of ether oxygens (including phenoxy) is 2. The predicted molar refractivity (Wildman–Crippen MR) is 108 cm³/mol. The Bertz CT molecular complexity index is 769. The monoisotopic (exact) mass is 407 g/mol. The molecular weight excluding hydrogens is 386 g/mol. The maximum atomic E-state index is 11.8. The number of amides is 1. The summed E-state index contributed by atoms with van der Waals surface area (Å²) in [5, 5.41) is 3.41. The zero-order chi connectivity index (χ0) is 19.5. The van der Waals surface area contributed by atoms with Gasteiger partial charge in [0.2, 0.25) is 0 Å². The van der Waals surface area contributed by atoms with Crippen LogP contribution in [0.25, 0.3) is 0 Å². The summed E-state index contributed by atoms with van der Waals surface area (Å²) >= 11 is 7.46. The van der Waals surface area contributed by atoms with Crippen LogP contribution in [0.15, 0.2) is 48.5 Å². The topological polar surface area (TPSA) is 64.6 Å². The lowest BCUT2D eigenvalue weighted by atomic mass is 10.1. The second kappa shape index (κ2) is 11.5. The van der Waals surface area contributed by atoms with Crippen molar-refractivity contribution in [3.63, 3.8) is 0 Å². The average Bonchev–Trinajstić information content (AvgIpc) is 2.68. The summed E-state index contributed by atoms with van der Waals surface area (Å²) in [6, 6.07) is 15.1. The fraction of sp³-hybridized carbons (Fsp3) is 0.300. The number of benzene rings is 2. The first kappa shape index (κ1) is 21.1. The number of methoxy groups -OCH3 is 1. The summed E-state index contributed by atoms with van der Waals surface area (Å²) in [7, 11) is 1.61. The highest BCUT2D eigenvalue weighted by Gasteiger charge is 2.09. The van der Waals surface area contributed by atoms with Gasteiger partial charge in [-0.05, 0) is 29.7 Å². The number of para-hydroxylation sites is 1. The van der Waals surface area contributed by atoms with Crippen molar-refractivity contribution >= 4 is 35.2 Å². The lowest BCUT2D eigenvalue weighted by Crippen LogP contribution is -2.30. The van der Waals surface area contributed by atoms with Crippen molar-refractivity contribution in [3.05, 3.63) is 64.7 Å². The second-order valence-electron chi connectivity index (χ2n) is 5.66. The minimum Gasteiger partial charge on any atom is -0.496 e. The minimum absolute atomic E-state index is 0.166. The zero-order valence-corrected chi connectivity index (χ0v) is 16.6. The molecule has 0 unspecified atom stereocenters. The van der Waals surface area contributed by atoms with Crippen molar-refractivity contribution in [2.45, 2.75) is 12.2 Å². The van der Waals surface area contributed by atoms with Gasteiger partial charge in [0.1, 0.15) is 5.75 Å². The maximum Gasteiger partial charge on any atom is 0.316 e. The van der Waals surface area contributed by atoms with Crippen LogP contribution >= 0.6 is 23.4 Å². The molecule has 0 aliphatic rings. The SMILES string of the molecule is COc1ccccc1CCNC(=O)COC(=O)CSCc1ccccc1Cl. The lowest BCUT2D eigenvalue weighted by Gasteiger charge is -2.09. The van der Waals surface area contributed by atoms with Crippen molar-refractivity contribution < 1.29 is 19.1 Å². The van der Waals surface area contributed by atoms with Gasteiger partial charge in [-0.15, -0.1) is 11.8 Å².